The van der Waals surface area contributed by atoms with Crippen LogP contribution in [0.25, 0.3) is 11.3 Å². The number of piperidine rings is 1. The number of hydrogen-bond acceptors (Lipinski definition) is 6. The molecule has 4 rings (SSSR count). The number of anilines is 1. The van der Waals surface area contributed by atoms with Crippen molar-refractivity contribution in [2.24, 2.45) is 0 Å². The Bertz CT molecular complexity index is 960. The number of fused-ring (bicyclic) bond motifs is 3. The summed E-state index contributed by atoms with van der Waals surface area (Å²) in [6, 6.07) is 1.61. The fourth-order valence-corrected chi connectivity index (χ4v) is 4.16. The second-order valence-electron chi connectivity index (χ2n) is 7.66. The molecule has 0 radical (unpaired) electrons. The van der Waals surface area contributed by atoms with Gasteiger partial charge in [0, 0.05) is 44.0 Å². The van der Waals surface area contributed by atoms with Crippen LogP contribution in [0, 0.1) is 0 Å². The first-order valence-electron chi connectivity index (χ1n) is 10.6. The topological polar surface area (TPSA) is 84.2 Å². The van der Waals surface area contributed by atoms with Gasteiger partial charge >= 0.3 is 0 Å². The standard InChI is InChI=1S/C21H28N6O2/c1-3-25(4-2)19(29)14-27-18(28)12-15-8-9-17-16(20(15)24-27)13-22-21(23-17)26-10-6-5-7-11-26/h12-13H,3-11,14H2,1-2H3. The van der Waals surface area contributed by atoms with Gasteiger partial charge in [-0.2, -0.15) is 5.10 Å². The summed E-state index contributed by atoms with van der Waals surface area (Å²) < 4.78 is 1.27. The van der Waals surface area contributed by atoms with Gasteiger partial charge in [-0.05, 0) is 51.5 Å². The highest BCUT2D eigenvalue weighted by atomic mass is 16.2. The van der Waals surface area contributed by atoms with Crippen molar-refractivity contribution in [2.45, 2.75) is 52.5 Å². The molecule has 3 heterocycles. The molecule has 2 aliphatic rings. The van der Waals surface area contributed by atoms with Gasteiger partial charge in [-0.25, -0.2) is 14.6 Å². The number of hydrogen-bond donors (Lipinski definition) is 0. The average molecular weight is 396 g/mol. The van der Waals surface area contributed by atoms with Crippen LogP contribution in [0.3, 0.4) is 0 Å². The maximum atomic E-state index is 12.5. The maximum Gasteiger partial charge on any atom is 0.267 e. The Morgan fingerprint density at radius 2 is 1.90 bits per heavy atom. The van der Waals surface area contributed by atoms with E-state index in [0.717, 1.165) is 54.4 Å². The highest BCUT2D eigenvalue weighted by Crippen LogP contribution is 2.30. The summed E-state index contributed by atoms with van der Waals surface area (Å²) >= 11 is 0. The molecule has 154 valence electrons. The molecular weight excluding hydrogens is 368 g/mol. The number of nitrogens with zero attached hydrogens (tertiary/aromatic N) is 6. The Kier molecular flexibility index (Phi) is 5.60. The summed E-state index contributed by atoms with van der Waals surface area (Å²) in [6.07, 6.45) is 6.96. The summed E-state index contributed by atoms with van der Waals surface area (Å²) in [5, 5.41) is 4.55. The van der Waals surface area contributed by atoms with Gasteiger partial charge in [-0.3, -0.25) is 9.59 Å². The van der Waals surface area contributed by atoms with E-state index in [1.807, 2.05) is 20.0 Å². The first-order valence-corrected chi connectivity index (χ1v) is 10.6. The summed E-state index contributed by atoms with van der Waals surface area (Å²) in [6.45, 7) is 7.04. The van der Waals surface area contributed by atoms with Crippen LogP contribution in [-0.2, 0) is 24.2 Å². The maximum absolute atomic E-state index is 12.5. The number of aromatic nitrogens is 4. The van der Waals surface area contributed by atoms with Crippen LogP contribution in [0.15, 0.2) is 17.1 Å². The zero-order valence-corrected chi connectivity index (χ0v) is 17.2. The fourth-order valence-electron chi connectivity index (χ4n) is 4.16. The van der Waals surface area contributed by atoms with E-state index in [-0.39, 0.29) is 18.0 Å². The van der Waals surface area contributed by atoms with Crippen molar-refractivity contribution < 1.29 is 4.79 Å². The second-order valence-corrected chi connectivity index (χ2v) is 7.66. The van der Waals surface area contributed by atoms with Crippen molar-refractivity contribution in [1.82, 2.24) is 24.6 Å². The van der Waals surface area contributed by atoms with Crippen molar-refractivity contribution in [3.8, 4) is 11.3 Å². The molecule has 1 amide bonds. The predicted molar refractivity (Wildman–Crippen MR) is 111 cm³/mol. The number of carbonyl (C=O) groups is 1. The Hall–Kier alpha value is -2.77. The molecular formula is C21H28N6O2. The third-order valence-electron chi connectivity index (χ3n) is 5.86. The second kappa shape index (κ2) is 8.31. The molecule has 0 spiro atoms. The Morgan fingerprint density at radius 3 is 2.62 bits per heavy atom. The molecule has 0 unspecified atom stereocenters. The predicted octanol–water partition coefficient (Wildman–Crippen LogP) is 1.66. The quantitative estimate of drug-likeness (QED) is 0.764. The molecule has 0 aromatic carbocycles. The van der Waals surface area contributed by atoms with E-state index in [1.165, 1.54) is 23.9 Å². The molecule has 1 aliphatic heterocycles. The van der Waals surface area contributed by atoms with Gasteiger partial charge in [0.1, 0.15) is 6.54 Å². The van der Waals surface area contributed by atoms with E-state index in [2.05, 4.69) is 15.0 Å². The minimum atomic E-state index is -0.237. The number of carbonyl (C=O) groups excluding carboxylic acids is 1. The van der Waals surface area contributed by atoms with Crippen LogP contribution >= 0.6 is 0 Å². The lowest BCUT2D eigenvalue weighted by molar-refractivity contribution is -0.131. The van der Waals surface area contributed by atoms with Crippen LogP contribution in [0.1, 0.15) is 44.4 Å². The molecule has 0 N–H and O–H groups in total. The third kappa shape index (κ3) is 3.88. The monoisotopic (exact) mass is 396 g/mol. The van der Waals surface area contributed by atoms with Crippen molar-refractivity contribution in [3.63, 3.8) is 0 Å². The minimum absolute atomic E-state index is 0.0458. The van der Waals surface area contributed by atoms with Gasteiger partial charge < -0.3 is 9.80 Å². The molecule has 1 saturated heterocycles. The van der Waals surface area contributed by atoms with Crippen molar-refractivity contribution in [1.29, 1.82) is 0 Å². The number of rotatable bonds is 5. The van der Waals surface area contributed by atoms with Crippen LogP contribution in [0.5, 0.6) is 0 Å². The summed E-state index contributed by atoms with van der Waals surface area (Å²) in [4.78, 5) is 38.3. The van der Waals surface area contributed by atoms with E-state index >= 15 is 0 Å². The lowest BCUT2D eigenvalue weighted by Crippen LogP contribution is -2.37. The van der Waals surface area contributed by atoms with Gasteiger partial charge in [0.15, 0.2) is 0 Å². The lowest BCUT2D eigenvalue weighted by atomic mass is 9.94. The van der Waals surface area contributed by atoms with Crippen LogP contribution in [0.4, 0.5) is 5.95 Å². The molecule has 2 aromatic rings. The zero-order chi connectivity index (χ0) is 20.4. The normalized spacial score (nSPS) is 15.6. The number of amides is 1. The van der Waals surface area contributed by atoms with Gasteiger partial charge in [0.25, 0.3) is 5.56 Å². The fraction of sp³-hybridized carbons (Fsp3) is 0.571. The van der Waals surface area contributed by atoms with E-state index in [9.17, 15) is 9.59 Å². The molecule has 2 aromatic heterocycles. The van der Waals surface area contributed by atoms with Crippen LogP contribution in [0.2, 0.25) is 0 Å². The highest BCUT2D eigenvalue weighted by Gasteiger charge is 2.24. The molecule has 1 fully saturated rings. The lowest BCUT2D eigenvalue weighted by Gasteiger charge is -2.28. The van der Waals surface area contributed by atoms with Crippen LogP contribution in [-0.4, -0.2) is 56.7 Å². The molecule has 8 nitrogen and oxygen atoms in total. The first-order chi connectivity index (χ1) is 14.1. The van der Waals surface area contributed by atoms with E-state index < -0.39 is 0 Å². The van der Waals surface area contributed by atoms with Gasteiger partial charge in [0.2, 0.25) is 11.9 Å². The van der Waals surface area contributed by atoms with Gasteiger partial charge in [-0.15, -0.1) is 0 Å². The van der Waals surface area contributed by atoms with Gasteiger partial charge in [0.05, 0.1) is 11.4 Å². The van der Waals surface area contributed by atoms with Crippen molar-refractivity contribution in [3.05, 3.63) is 33.9 Å². The number of aryl methyl sites for hydroxylation is 2. The average Bonchev–Trinajstić information content (AvgIpc) is 2.75. The molecule has 1 aliphatic carbocycles. The Morgan fingerprint density at radius 1 is 1.14 bits per heavy atom. The number of likely N-dealkylation sites (N-methyl/N-ethyl adjacent to an activating group) is 1. The summed E-state index contributed by atoms with van der Waals surface area (Å²) in [7, 11) is 0. The summed E-state index contributed by atoms with van der Waals surface area (Å²) in [5.41, 5.74) is 3.24. The largest absolute Gasteiger partial charge is 0.342 e. The highest BCUT2D eigenvalue weighted by molar-refractivity contribution is 5.76. The minimum Gasteiger partial charge on any atom is -0.342 e. The molecule has 0 bridgehead atoms. The van der Waals surface area contributed by atoms with Crippen molar-refractivity contribution >= 4 is 11.9 Å². The summed E-state index contributed by atoms with van der Waals surface area (Å²) in [5.74, 6) is 0.689. The van der Waals surface area contributed by atoms with Crippen LogP contribution < -0.4 is 10.5 Å². The van der Waals surface area contributed by atoms with E-state index in [4.69, 9.17) is 4.98 Å². The molecule has 8 heteroatoms. The Labute approximate surface area is 170 Å². The molecule has 29 heavy (non-hydrogen) atoms. The van der Waals surface area contributed by atoms with Crippen molar-refractivity contribution in [2.75, 3.05) is 31.1 Å². The third-order valence-corrected chi connectivity index (χ3v) is 5.86. The van der Waals surface area contributed by atoms with E-state index in [0.29, 0.717) is 13.1 Å². The van der Waals surface area contributed by atoms with Gasteiger partial charge in [-0.1, -0.05) is 0 Å². The molecule has 0 saturated carbocycles. The Balaban J connectivity index is 1.65. The van der Waals surface area contributed by atoms with E-state index in [1.54, 1.807) is 11.0 Å². The molecule has 0 atom stereocenters. The smallest absolute Gasteiger partial charge is 0.267 e. The SMILES string of the molecule is CCN(CC)C(=O)Cn1nc2c(cc1=O)CCc1nc(N3CCCCC3)ncc1-2. The zero-order valence-electron chi connectivity index (χ0n) is 17.2. The first kappa shape index (κ1) is 19.5.